The number of fused-ring (bicyclic) bond motifs is 3. The third kappa shape index (κ3) is 1.59. The molecule has 3 rings (SSSR count). The standard InChI is InChI=1S/C15H14BrN/c1-17(2)10-7-8-12-11-5-3-4-6-13(11)15(16)14(12)9-10/h3-9,15H,1-2H3/t15-/m1/s1. The van der Waals surface area contributed by atoms with Crippen molar-refractivity contribution in [1.82, 2.24) is 0 Å². The van der Waals surface area contributed by atoms with Crippen molar-refractivity contribution < 1.29 is 0 Å². The van der Waals surface area contributed by atoms with E-state index in [-0.39, 0.29) is 0 Å². The van der Waals surface area contributed by atoms with Gasteiger partial charge in [-0.2, -0.15) is 0 Å². The van der Waals surface area contributed by atoms with Crippen LogP contribution >= 0.6 is 15.9 Å². The second-order valence-corrected chi connectivity index (χ2v) is 5.53. The summed E-state index contributed by atoms with van der Waals surface area (Å²) in [4.78, 5) is 2.47. The maximum Gasteiger partial charge on any atom is 0.0657 e. The third-order valence-electron chi connectivity index (χ3n) is 3.35. The van der Waals surface area contributed by atoms with Gasteiger partial charge in [-0.05, 0) is 34.4 Å². The van der Waals surface area contributed by atoms with Gasteiger partial charge in [-0.3, -0.25) is 0 Å². The van der Waals surface area contributed by atoms with E-state index in [1.165, 1.54) is 27.9 Å². The second kappa shape index (κ2) is 3.88. The maximum absolute atomic E-state index is 3.80. The maximum atomic E-state index is 3.80. The average molecular weight is 288 g/mol. The van der Waals surface area contributed by atoms with Gasteiger partial charge < -0.3 is 4.90 Å². The van der Waals surface area contributed by atoms with E-state index in [0.29, 0.717) is 4.83 Å². The number of benzene rings is 2. The summed E-state index contributed by atoms with van der Waals surface area (Å²) in [7, 11) is 4.15. The van der Waals surface area contributed by atoms with Gasteiger partial charge in [-0.15, -0.1) is 0 Å². The molecule has 2 heteroatoms. The molecule has 1 atom stereocenters. The summed E-state index contributed by atoms with van der Waals surface area (Å²) in [5.74, 6) is 0. The van der Waals surface area contributed by atoms with Crippen molar-refractivity contribution in [2.45, 2.75) is 4.83 Å². The molecule has 0 N–H and O–H groups in total. The Morgan fingerprint density at radius 3 is 2.41 bits per heavy atom. The van der Waals surface area contributed by atoms with Crippen molar-refractivity contribution in [1.29, 1.82) is 0 Å². The number of anilines is 1. The van der Waals surface area contributed by atoms with E-state index in [1.807, 2.05) is 0 Å². The molecule has 0 unspecified atom stereocenters. The summed E-state index contributed by atoms with van der Waals surface area (Å²) in [6.45, 7) is 0. The van der Waals surface area contributed by atoms with E-state index in [1.54, 1.807) is 0 Å². The Bertz CT molecular complexity index is 575. The molecule has 86 valence electrons. The normalized spacial score (nSPS) is 16.5. The monoisotopic (exact) mass is 287 g/mol. The van der Waals surface area contributed by atoms with E-state index in [9.17, 15) is 0 Å². The minimum absolute atomic E-state index is 0.327. The molecule has 0 amide bonds. The van der Waals surface area contributed by atoms with E-state index >= 15 is 0 Å². The highest BCUT2D eigenvalue weighted by Crippen LogP contribution is 2.48. The number of hydrogen-bond acceptors (Lipinski definition) is 1. The lowest BCUT2D eigenvalue weighted by Crippen LogP contribution is -2.08. The Morgan fingerprint density at radius 1 is 0.941 bits per heavy atom. The molecule has 1 aliphatic carbocycles. The van der Waals surface area contributed by atoms with Crippen LogP contribution in [0.3, 0.4) is 0 Å². The SMILES string of the molecule is CN(C)c1ccc2c(c1)[C@H](Br)c1ccccc1-2. The van der Waals surface area contributed by atoms with Crippen molar-refractivity contribution in [2.75, 3.05) is 19.0 Å². The molecule has 2 aromatic carbocycles. The fourth-order valence-corrected chi connectivity index (χ4v) is 3.19. The summed E-state index contributed by atoms with van der Waals surface area (Å²) in [5.41, 5.74) is 6.71. The second-order valence-electron chi connectivity index (χ2n) is 4.62. The van der Waals surface area contributed by atoms with Gasteiger partial charge >= 0.3 is 0 Å². The van der Waals surface area contributed by atoms with Crippen molar-refractivity contribution in [2.24, 2.45) is 0 Å². The number of alkyl halides is 1. The van der Waals surface area contributed by atoms with Crippen molar-refractivity contribution >= 4 is 21.6 Å². The molecule has 0 aliphatic heterocycles. The molecular weight excluding hydrogens is 274 g/mol. The first-order valence-corrected chi connectivity index (χ1v) is 6.64. The third-order valence-corrected chi connectivity index (χ3v) is 4.34. The van der Waals surface area contributed by atoms with Crippen molar-refractivity contribution in [3.63, 3.8) is 0 Å². The quantitative estimate of drug-likeness (QED) is 0.710. The molecule has 0 radical (unpaired) electrons. The van der Waals surface area contributed by atoms with E-state index in [4.69, 9.17) is 0 Å². The zero-order chi connectivity index (χ0) is 12.0. The molecule has 0 aromatic heterocycles. The summed E-state index contributed by atoms with van der Waals surface area (Å²) >= 11 is 3.80. The molecule has 1 aliphatic rings. The largest absolute Gasteiger partial charge is 0.378 e. The zero-order valence-corrected chi connectivity index (χ0v) is 11.5. The van der Waals surface area contributed by atoms with Crippen LogP contribution in [0.1, 0.15) is 16.0 Å². The van der Waals surface area contributed by atoms with Gasteiger partial charge in [0.05, 0.1) is 4.83 Å². The highest BCUT2D eigenvalue weighted by molar-refractivity contribution is 9.09. The minimum atomic E-state index is 0.327. The van der Waals surface area contributed by atoms with Crippen LogP contribution in [0.15, 0.2) is 42.5 Å². The predicted molar refractivity (Wildman–Crippen MR) is 77.0 cm³/mol. The number of nitrogens with zero attached hydrogens (tertiary/aromatic N) is 1. The van der Waals surface area contributed by atoms with Crippen LogP contribution in [-0.4, -0.2) is 14.1 Å². The van der Waals surface area contributed by atoms with Crippen LogP contribution in [0.25, 0.3) is 11.1 Å². The Hall–Kier alpha value is -1.28. The summed E-state index contributed by atoms with van der Waals surface area (Å²) in [6, 6.07) is 15.3. The molecule has 0 bridgehead atoms. The number of hydrogen-bond donors (Lipinski definition) is 0. The van der Waals surface area contributed by atoms with Crippen LogP contribution in [0.4, 0.5) is 5.69 Å². The topological polar surface area (TPSA) is 3.24 Å². The first-order chi connectivity index (χ1) is 8.18. The number of rotatable bonds is 1. The Labute approximate surface area is 110 Å². The lowest BCUT2D eigenvalue weighted by atomic mass is 10.1. The van der Waals surface area contributed by atoms with Crippen LogP contribution < -0.4 is 4.90 Å². The highest BCUT2D eigenvalue weighted by atomic mass is 79.9. The van der Waals surface area contributed by atoms with Crippen molar-refractivity contribution in [3.8, 4) is 11.1 Å². The molecule has 0 fully saturated rings. The molecule has 0 saturated heterocycles. The molecule has 0 heterocycles. The van der Waals surface area contributed by atoms with E-state index in [2.05, 4.69) is 77.4 Å². The summed E-state index contributed by atoms with van der Waals surface area (Å²) in [5, 5.41) is 0. The fourth-order valence-electron chi connectivity index (χ4n) is 2.41. The van der Waals surface area contributed by atoms with Gasteiger partial charge in [-0.25, -0.2) is 0 Å². The van der Waals surface area contributed by atoms with Crippen LogP contribution in [0.5, 0.6) is 0 Å². The van der Waals surface area contributed by atoms with Gasteiger partial charge in [0, 0.05) is 19.8 Å². The Balaban J connectivity index is 2.20. The molecule has 1 nitrogen and oxygen atoms in total. The first kappa shape index (κ1) is 10.8. The predicted octanol–water partition coefficient (Wildman–Crippen LogP) is 4.22. The fraction of sp³-hybridized carbons (Fsp3) is 0.200. The summed E-state index contributed by atoms with van der Waals surface area (Å²) < 4.78 is 0. The van der Waals surface area contributed by atoms with Gasteiger partial charge in [-0.1, -0.05) is 46.3 Å². The number of halogens is 1. The van der Waals surface area contributed by atoms with Crippen LogP contribution in [0.2, 0.25) is 0 Å². The summed E-state index contributed by atoms with van der Waals surface area (Å²) in [6.07, 6.45) is 0. The lowest BCUT2D eigenvalue weighted by molar-refractivity contribution is 1.12. The lowest BCUT2D eigenvalue weighted by Gasteiger charge is -2.14. The smallest absolute Gasteiger partial charge is 0.0657 e. The first-order valence-electron chi connectivity index (χ1n) is 5.73. The van der Waals surface area contributed by atoms with Gasteiger partial charge in [0.2, 0.25) is 0 Å². The molecule has 2 aromatic rings. The minimum Gasteiger partial charge on any atom is -0.378 e. The molecular formula is C15H14BrN. The molecule has 0 spiro atoms. The van der Waals surface area contributed by atoms with Gasteiger partial charge in [0.1, 0.15) is 0 Å². The van der Waals surface area contributed by atoms with Gasteiger partial charge in [0.25, 0.3) is 0 Å². The van der Waals surface area contributed by atoms with Crippen LogP contribution in [0, 0.1) is 0 Å². The average Bonchev–Trinajstić information content (AvgIpc) is 2.64. The van der Waals surface area contributed by atoms with Crippen LogP contribution in [-0.2, 0) is 0 Å². The van der Waals surface area contributed by atoms with E-state index in [0.717, 1.165) is 0 Å². The Morgan fingerprint density at radius 2 is 1.65 bits per heavy atom. The van der Waals surface area contributed by atoms with Crippen molar-refractivity contribution in [3.05, 3.63) is 53.6 Å². The molecule has 17 heavy (non-hydrogen) atoms. The molecule has 0 saturated carbocycles. The Kier molecular flexibility index (Phi) is 2.48. The van der Waals surface area contributed by atoms with E-state index < -0.39 is 0 Å². The van der Waals surface area contributed by atoms with Gasteiger partial charge in [0.15, 0.2) is 0 Å². The highest BCUT2D eigenvalue weighted by Gasteiger charge is 2.26. The zero-order valence-electron chi connectivity index (χ0n) is 9.94.